The molecule has 296 valence electrons. The molecule has 6 N–H and O–H groups in total. The Hall–Kier alpha value is -3.26. The number of nitrogens with two attached hydrogens (primary N) is 1. The van der Waals surface area contributed by atoms with Gasteiger partial charge in [-0.1, -0.05) is 67.0 Å². The number of hydrogen-bond acceptors (Lipinski definition) is 9. The number of hydrogen-bond donors (Lipinski definition) is 5. The molecule has 0 saturated carbocycles. The number of anilines is 1. The van der Waals surface area contributed by atoms with Gasteiger partial charge in [-0.25, -0.2) is 0 Å². The lowest BCUT2D eigenvalue weighted by Gasteiger charge is -2.41. The number of likely N-dealkylation sites (N-methyl/N-ethyl adjacent to an activating group) is 2. The van der Waals surface area contributed by atoms with E-state index < -0.39 is 48.4 Å². The highest BCUT2D eigenvalue weighted by Gasteiger charge is 2.43. The summed E-state index contributed by atoms with van der Waals surface area (Å²) in [4.78, 5) is 58.4. The van der Waals surface area contributed by atoms with Crippen LogP contribution < -0.4 is 21.7 Å². The van der Waals surface area contributed by atoms with Crippen molar-refractivity contribution in [2.45, 2.75) is 130 Å². The highest BCUT2D eigenvalue weighted by molar-refractivity contribution is 5.90. The van der Waals surface area contributed by atoms with Crippen LogP contribution in [0.4, 0.5) is 5.69 Å². The van der Waals surface area contributed by atoms with Crippen LogP contribution in [0.2, 0.25) is 0 Å². The van der Waals surface area contributed by atoms with E-state index in [1.807, 2.05) is 41.5 Å². The quantitative estimate of drug-likeness (QED) is 0.126. The van der Waals surface area contributed by atoms with E-state index >= 15 is 0 Å². The topological polar surface area (TPSA) is 176 Å². The summed E-state index contributed by atoms with van der Waals surface area (Å²) in [7, 11) is 6.55. The van der Waals surface area contributed by atoms with Gasteiger partial charge >= 0.3 is 0 Å². The highest BCUT2D eigenvalue weighted by Crippen LogP contribution is 2.30. The molecule has 0 spiro atoms. The zero-order valence-electron chi connectivity index (χ0n) is 33.6. The van der Waals surface area contributed by atoms with Crippen molar-refractivity contribution in [3.63, 3.8) is 0 Å². The summed E-state index contributed by atoms with van der Waals surface area (Å²) >= 11 is 0. The van der Waals surface area contributed by atoms with Crippen LogP contribution in [0, 0.1) is 23.7 Å². The molecular weight excluding hydrogens is 664 g/mol. The van der Waals surface area contributed by atoms with E-state index in [-0.39, 0.29) is 53.8 Å². The molecule has 1 heterocycles. The van der Waals surface area contributed by atoms with Gasteiger partial charge < -0.3 is 46.1 Å². The summed E-state index contributed by atoms with van der Waals surface area (Å²) in [5.41, 5.74) is 7.01. The van der Waals surface area contributed by atoms with Crippen LogP contribution in [0.5, 0.6) is 0 Å². The molecule has 1 aliphatic rings. The summed E-state index contributed by atoms with van der Waals surface area (Å²) in [6.07, 6.45) is -0.0159. The molecule has 0 bridgehead atoms. The van der Waals surface area contributed by atoms with Gasteiger partial charge in [-0.05, 0) is 62.3 Å². The van der Waals surface area contributed by atoms with Crippen LogP contribution in [-0.4, -0.2) is 116 Å². The van der Waals surface area contributed by atoms with Gasteiger partial charge in [0, 0.05) is 33.5 Å². The Morgan fingerprint density at radius 2 is 1.62 bits per heavy atom. The van der Waals surface area contributed by atoms with Crippen LogP contribution in [-0.2, 0) is 28.7 Å². The molecule has 0 aromatic heterocycles. The van der Waals surface area contributed by atoms with E-state index in [9.17, 15) is 24.3 Å². The van der Waals surface area contributed by atoms with Crippen molar-refractivity contribution in [1.82, 2.24) is 25.8 Å². The molecule has 1 aromatic rings. The Morgan fingerprint density at radius 1 is 0.981 bits per heavy atom. The van der Waals surface area contributed by atoms with Crippen LogP contribution in [0.25, 0.3) is 0 Å². The Bertz CT molecular complexity index is 1310. The van der Waals surface area contributed by atoms with Gasteiger partial charge in [0.2, 0.25) is 23.6 Å². The molecule has 1 aromatic carbocycles. The normalized spacial score (nSPS) is 20.0. The number of aliphatic hydroxyl groups is 1. The minimum Gasteiger partial charge on any atom is -0.399 e. The molecule has 0 unspecified atom stereocenters. The number of nitrogen functional groups attached to an aromatic ring is 1. The number of carbonyl (C=O) groups is 4. The molecule has 4 amide bonds. The van der Waals surface area contributed by atoms with E-state index in [2.05, 4.69) is 16.0 Å². The van der Waals surface area contributed by atoms with Gasteiger partial charge in [0.25, 0.3) is 0 Å². The SMILES string of the molecule is CC[C@H](C)[C@@H]([C@@H](CC(=O)N1CCC[C@H]1[C@H](OC)[C@@H](C)C(=O)N[C@H](C)[C@@H](O)c1cccc(N)c1)OC)N(C)C(=O)[C@@H](NC(=O)[C@@H](NC)C(C)C)C(C)C. The van der Waals surface area contributed by atoms with Gasteiger partial charge in [-0.3, -0.25) is 19.2 Å². The second kappa shape index (κ2) is 20.8. The van der Waals surface area contributed by atoms with Crippen molar-refractivity contribution in [2.24, 2.45) is 23.7 Å². The van der Waals surface area contributed by atoms with Crippen molar-refractivity contribution in [3.05, 3.63) is 29.8 Å². The first kappa shape index (κ1) is 44.9. The third kappa shape index (κ3) is 11.4. The van der Waals surface area contributed by atoms with Crippen LogP contribution >= 0.6 is 0 Å². The molecule has 13 nitrogen and oxygen atoms in total. The van der Waals surface area contributed by atoms with Crippen molar-refractivity contribution in [2.75, 3.05) is 40.6 Å². The first-order valence-corrected chi connectivity index (χ1v) is 18.9. The molecule has 2 rings (SSSR count). The third-order valence-electron chi connectivity index (χ3n) is 10.8. The van der Waals surface area contributed by atoms with Gasteiger partial charge in [-0.15, -0.1) is 0 Å². The molecule has 1 aliphatic heterocycles. The first-order chi connectivity index (χ1) is 24.4. The smallest absolute Gasteiger partial charge is 0.245 e. The number of aliphatic hydroxyl groups excluding tert-OH is 1. The minimum atomic E-state index is -0.961. The lowest BCUT2D eigenvalue weighted by molar-refractivity contribution is -0.148. The van der Waals surface area contributed by atoms with Gasteiger partial charge in [0.05, 0.1) is 54.8 Å². The van der Waals surface area contributed by atoms with E-state index in [1.54, 1.807) is 76.2 Å². The van der Waals surface area contributed by atoms with Gasteiger partial charge in [-0.2, -0.15) is 0 Å². The second-order valence-electron chi connectivity index (χ2n) is 15.2. The fraction of sp³-hybridized carbons (Fsp3) is 0.744. The molecule has 10 atom stereocenters. The van der Waals surface area contributed by atoms with E-state index in [4.69, 9.17) is 15.2 Å². The first-order valence-electron chi connectivity index (χ1n) is 18.9. The van der Waals surface area contributed by atoms with Crippen LogP contribution in [0.3, 0.4) is 0 Å². The fourth-order valence-corrected chi connectivity index (χ4v) is 7.52. The molecule has 1 saturated heterocycles. The molecule has 13 heteroatoms. The van der Waals surface area contributed by atoms with Crippen molar-refractivity contribution in [1.29, 1.82) is 0 Å². The summed E-state index contributed by atoms with van der Waals surface area (Å²) in [6, 6.07) is 4.30. The lowest BCUT2D eigenvalue weighted by Crippen LogP contribution is -2.59. The number of benzene rings is 1. The number of nitrogens with zero attached hydrogens (tertiary/aromatic N) is 2. The Kier molecular flexibility index (Phi) is 18.0. The number of ether oxygens (including phenoxy) is 2. The average molecular weight is 733 g/mol. The molecule has 0 radical (unpaired) electrons. The zero-order chi connectivity index (χ0) is 39.4. The Labute approximate surface area is 312 Å². The summed E-state index contributed by atoms with van der Waals surface area (Å²) in [6.45, 7) is 15.8. The second-order valence-corrected chi connectivity index (χ2v) is 15.2. The number of rotatable bonds is 20. The molecule has 0 aliphatic carbocycles. The summed E-state index contributed by atoms with van der Waals surface area (Å²) < 4.78 is 11.9. The van der Waals surface area contributed by atoms with Gasteiger partial charge in [0.15, 0.2) is 0 Å². The minimum absolute atomic E-state index is 0.0218. The number of likely N-dealkylation sites (tertiary alicyclic amines) is 1. The predicted molar refractivity (Wildman–Crippen MR) is 204 cm³/mol. The largest absolute Gasteiger partial charge is 0.399 e. The summed E-state index contributed by atoms with van der Waals surface area (Å²) in [5, 5.41) is 19.8. The number of amides is 4. The van der Waals surface area contributed by atoms with Crippen LogP contribution in [0.15, 0.2) is 24.3 Å². The Balaban J connectivity index is 2.24. The predicted octanol–water partition coefficient (Wildman–Crippen LogP) is 3.11. The third-order valence-corrected chi connectivity index (χ3v) is 10.8. The van der Waals surface area contributed by atoms with Crippen molar-refractivity contribution >= 4 is 29.3 Å². The maximum atomic E-state index is 14.1. The van der Waals surface area contributed by atoms with E-state index in [0.29, 0.717) is 24.2 Å². The highest BCUT2D eigenvalue weighted by atomic mass is 16.5. The molecule has 1 fully saturated rings. The maximum Gasteiger partial charge on any atom is 0.245 e. The van der Waals surface area contributed by atoms with Crippen molar-refractivity contribution < 1.29 is 33.8 Å². The average Bonchev–Trinajstić information content (AvgIpc) is 3.59. The van der Waals surface area contributed by atoms with Crippen LogP contribution in [0.1, 0.15) is 92.7 Å². The number of carbonyl (C=O) groups excluding carboxylic acids is 4. The molecule has 52 heavy (non-hydrogen) atoms. The standard InChI is InChI=1S/C39H68N6O7/c1-13-24(6)34(44(10)39(50)33(23(4)5)43-38(49)32(41-9)22(2)3)30(51-11)21-31(46)45-19-15-18-29(45)36(52-12)25(7)37(48)42-26(8)35(47)27-16-14-17-28(40)20-27/h14,16-17,20,22-26,29-30,32-36,41,47H,13,15,18-19,21,40H2,1-12H3,(H,42,48)(H,43,49)/t24-,25+,26+,29-,30+,32-,33-,34-,35+,36+/m0/s1. The lowest BCUT2D eigenvalue weighted by atomic mass is 9.89. The maximum absolute atomic E-state index is 14.1. The Morgan fingerprint density at radius 3 is 2.13 bits per heavy atom. The van der Waals surface area contributed by atoms with Gasteiger partial charge in [0.1, 0.15) is 6.04 Å². The van der Waals surface area contributed by atoms with E-state index in [1.165, 1.54) is 0 Å². The number of nitrogens with one attached hydrogen (secondary N) is 3. The molecular formula is C39H68N6O7. The van der Waals surface area contributed by atoms with E-state index in [0.717, 1.165) is 12.8 Å². The monoisotopic (exact) mass is 733 g/mol. The zero-order valence-corrected chi connectivity index (χ0v) is 33.6. The van der Waals surface area contributed by atoms with Crippen molar-refractivity contribution in [3.8, 4) is 0 Å². The fourth-order valence-electron chi connectivity index (χ4n) is 7.52. The summed E-state index contributed by atoms with van der Waals surface area (Å²) in [5.74, 6) is -1.72. The number of methoxy groups -OCH3 is 2.